The van der Waals surface area contributed by atoms with Gasteiger partial charge in [0.1, 0.15) is 18.1 Å². The second-order valence-electron chi connectivity index (χ2n) is 2.71. The number of imidazole rings is 1. The third kappa shape index (κ3) is 1.23. The fourth-order valence-corrected chi connectivity index (χ4v) is 1.14. The van der Waals surface area contributed by atoms with E-state index in [9.17, 15) is 0 Å². The van der Waals surface area contributed by atoms with E-state index in [1.54, 1.807) is 0 Å². The van der Waals surface area contributed by atoms with Crippen molar-refractivity contribution < 1.29 is 4.57 Å². The summed E-state index contributed by atoms with van der Waals surface area (Å²) in [6, 6.07) is 10.1. The number of benzene rings is 1. The van der Waals surface area contributed by atoms with Crippen LogP contribution in [0.2, 0.25) is 0 Å². The largest absolute Gasteiger partial charge is 0.378 e. The molecule has 12 heavy (non-hydrogen) atoms. The first-order valence-corrected chi connectivity index (χ1v) is 3.88. The van der Waals surface area contributed by atoms with Gasteiger partial charge in [0.05, 0.1) is 7.05 Å². The first kappa shape index (κ1) is 7.10. The maximum absolute atomic E-state index is 3.13. The van der Waals surface area contributed by atoms with Crippen LogP contribution >= 0.6 is 0 Å². The topological polar surface area (TPSA) is 8.81 Å². The highest BCUT2D eigenvalue weighted by Gasteiger charge is 2.03. The van der Waals surface area contributed by atoms with Gasteiger partial charge in [0.25, 0.3) is 0 Å². The number of hydrogen-bond donors (Lipinski definition) is 0. The lowest BCUT2D eigenvalue weighted by molar-refractivity contribution is -0.674. The van der Waals surface area contributed by atoms with Crippen molar-refractivity contribution >= 4 is 0 Å². The molecule has 0 aliphatic carbocycles. The summed E-state index contributed by atoms with van der Waals surface area (Å²) in [6.45, 7) is 0. The molecule has 2 nitrogen and oxygen atoms in total. The SMILES string of the molecule is C[n+]1[c]n(-c2ccccc2)cc1. The van der Waals surface area contributed by atoms with E-state index in [1.165, 1.54) is 0 Å². The van der Waals surface area contributed by atoms with E-state index < -0.39 is 0 Å². The standard InChI is InChI=1S/C10H10N2/c1-11-7-8-12(9-11)10-5-3-2-4-6-10/h2-8H,1H3/q+1. The highest BCUT2D eigenvalue weighted by atomic mass is 15.1. The molecule has 0 unspecified atom stereocenters. The monoisotopic (exact) mass is 158 g/mol. The summed E-state index contributed by atoms with van der Waals surface area (Å²) in [5.41, 5.74) is 1.14. The molecule has 1 heterocycles. The molecule has 2 aromatic rings. The van der Waals surface area contributed by atoms with Crippen LogP contribution in [0, 0.1) is 6.33 Å². The van der Waals surface area contributed by atoms with Crippen LogP contribution in [-0.4, -0.2) is 4.57 Å². The van der Waals surface area contributed by atoms with E-state index in [2.05, 4.69) is 18.5 Å². The van der Waals surface area contributed by atoms with Crippen molar-refractivity contribution in [1.82, 2.24) is 4.57 Å². The predicted molar refractivity (Wildman–Crippen MR) is 45.8 cm³/mol. The summed E-state index contributed by atoms with van der Waals surface area (Å²) in [7, 11) is 1.96. The Labute approximate surface area is 71.7 Å². The molecule has 0 spiro atoms. The Morgan fingerprint density at radius 1 is 1.25 bits per heavy atom. The lowest BCUT2D eigenvalue weighted by Crippen LogP contribution is -2.24. The van der Waals surface area contributed by atoms with Crippen LogP contribution in [0.5, 0.6) is 0 Å². The molecule has 0 amide bonds. The number of para-hydroxylation sites is 1. The minimum Gasteiger partial charge on any atom is -0.226 e. The van der Waals surface area contributed by atoms with Crippen molar-refractivity contribution in [3.05, 3.63) is 49.1 Å². The predicted octanol–water partition coefficient (Wildman–Crippen LogP) is 1.10. The number of rotatable bonds is 1. The second kappa shape index (κ2) is 2.81. The molecular weight excluding hydrogens is 148 g/mol. The molecule has 1 radical (unpaired) electrons. The normalized spacial score (nSPS) is 10.1. The quantitative estimate of drug-likeness (QED) is 0.549. The van der Waals surface area contributed by atoms with Crippen molar-refractivity contribution in [3.8, 4) is 5.69 Å². The Kier molecular flexibility index (Phi) is 1.67. The average Bonchev–Trinajstić information content (AvgIpc) is 2.54. The molecule has 59 valence electrons. The molecule has 0 N–H and O–H groups in total. The summed E-state index contributed by atoms with van der Waals surface area (Å²) in [5.74, 6) is 0. The zero-order chi connectivity index (χ0) is 8.39. The Morgan fingerprint density at radius 3 is 2.58 bits per heavy atom. The fourth-order valence-electron chi connectivity index (χ4n) is 1.14. The van der Waals surface area contributed by atoms with Crippen LogP contribution < -0.4 is 4.57 Å². The minimum atomic E-state index is 1.14. The van der Waals surface area contributed by atoms with Crippen LogP contribution in [0.4, 0.5) is 0 Å². The first-order valence-electron chi connectivity index (χ1n) is 3.88. The molecule has 1 aromatic heterocycles. The molecule has 0 aliphatic rings. The number of nitrogens with zero attached hydrogens (tertiary/aromatic N) is 2. The first-order chi connectivity index (χ1) is 5.86. The van der Waals surface area contributed by atoms with Crippen LogP contribution in [0.25, 0.3) is 5.69 Å². The summed E-state index contributed by atoms with van der Waals surface area (Å²) < 4.78 is 3.85. The van der Waals surface area contributed by atoms with Gasteiger partial charge in [-0.3, -0.25) is 0 Å². The molecule has 0 aliphatic heterocycles. The van der Waals surface area contributed by atoms with Crippen molar-refractivity contribution in [2.24, 2.45) is 7.05 Å². The van der Waals surface area contributed by atoms with E-state index in [1.807, 2.05) is 46.8 Å². The third-order valence-electron chi connectivity index (χ3n) is 1.74. The second-order valence-corrected chi connectivity index (χ2v) is 2.71. The summed E-state index contributed by atoms with van der Waals surface area (Å²) in [4.78, 5) is 0. The van der Waals surface area contributed by atoms with Gasteiger partial charge in [0, 0.05) is 0 Å². The summed E-state index contributed by atoms with van der Waals surface area (Å²) in [5, 5.41) is 0. The molecule has 0 saturated carbocycles. The Bertz CT molecular complexity index is 362. The van der Waals surface area contributed by atoms with Crippen LogP contribution in [-0.2, 0) is 7.05 Å². The molecule has 1 aromatic carbocycles. The van der Waals surface area contributed by atoms with Gasteiger partial charge in [0.15, 0.2) is 0 Å². The van der Waals surface area contributed by atoms with Gasteiger partial charge in [-0.25, -0.2) is 4.57 Å². The fraction of sp³-hybridized carbons (Fsp3) is 0.100. The molecule has 2 rings (SSSR count). The maximum Gasteiger partial charge on any atom is 0.378 e. The number of aromatic nitrogens is 2. The Balaban J connectivity index is 2.45. The molecule has 2 heteroatoms. The molecule has 0 saturated heterocycles. The molecule has 0 fully saturated rings. The zero-order valence-corrected chi connectivity index (χ0v) is 6.94. The lowest BCUT2D eigenvalue weighted by Gasteiger charge is -1.90. The van der Waals surface area contributed by atoms with E-state index in [0.717, 1.165) is 5.69 Å². The van der Waals surface area contributed by atoms with Crippen molar-refractivity contribution in [3.63, 3.8) is 0 Å². The van der Waals surface area contributed by atoms with Gasteiger partial charge >= 0.3 is 6.33 Å². The molecule has 0 atom stereocenters. The Morgan fingerprint density at radius 2 is 2.00 bits per heavy atom. The van der Waals surface area contributed by atoms with Gasteiger partial charge in [0.2, 0.25) is 0 Å². The van der Waals surface area contributed by atoms with Crippen molar-refractivity contribution in [2.75, 3.05) is 0 Å². The molecular formula is C10H10N2+. The van der Waals surface area contributed by atoms with Crippen molar-refractivity contribution in [1.29, 1.82) is 0 Å². The third-order valence-corrected chi connectivity index (χ3v) is 1.74. The van der Waals surface area contributed by atoms with Gasteiger partial charge in [-0.2, -0.15) is 4.57 Å². The maximum atomic E-state index is 3.13. The van der Waals surface area contributed by atoms with Crippen molar-refractivity contribution in [2.45, 2.75) is 0 Å². The molecule has 0 bridgehead atoms. The Hall–Kier alpha value is -1.57. The average molecular weight is 158 g/mol. The van der Waals surface area contributed by atoms with Crippen LogP contribution in [0.3, 0.4) is 0 Å². The van der Waals surface area contributed by atoms with E-state index in [4.69, 9.17) is 0 Å². The van der Waals surface area contributed by atoms with Gasteiger partial charge in [-0.05, 0) is 12.1 Å². The highest BCUT2D eigenvalue weighted by molar-refractivity contribution is 5.29. The minimum absolute atomic E-state index is 1.14. The smallest absolute Gasteiger partial charge is 0.226 e. The lowest BCUT2D eigenvalue weighted by atomic mass is 10.3. The summed E-state index contributed by atoms with van der Waals surface area (Å²) in [6.07, 6.45) is 7.07. The summed E-state index contributed by atoms with van der Waals surface area (Å²) >= 11 is 0. The van der Waals surface area contributed by atoms with E-state index >= 15 is 0 Å². The van der Waals surface area contributed by atoms with E-state index in [-0.39, 0.29) is 0 Å². The van der Waals surface area contributed by atoms with Crippen LogP contribution in [0.15, 0.2) is 42.7 Å². The number of hydrogen-bond acceptors (Lipinski definition) is 0. The highest BCUT2D eigenvalue weighted by Crippen LogP contribution is 2.03. The van der Waals surface area contributed by atoms with Gasteiger partial charge < -0.3 is 0 Å². The zero-order valence-electron chi connectivity index (χ0n) is 6.94. The number of aryl methyl sites for hydroxylation is 1. The van der Waals surface area contributed by atoms with Gasteiger partial charge in [-0.1, -0.05) is 18.2 Å². The van der Waals surface area contributed by atoms with Gasteiger partial charge in [-0.15, -0.1) is 0 Å². The van der Waals surface area contributed by atoms with Crippen LogP contribution in [0.1, 0.15) is 0 Å². The van der Waals surface area contributed by atoms with E-state index in [0.29, 0.717) is 0 Å².